The van der Waals surface area contributed by atoms with Gasteiger partial charge in [0.25, 0.3) is 11.6 Å². The van der Waals surface area contributed by atoms with Gasteiger partial charge in [0.05, 0.1) is 36.7 Å². The van der Waals surface area contributed by atoms with Crippen LogP contribution in [0.5, 0.6) is 11.5 Å². The zero-order chi connectivity index (χ0) is 28.8. The van der Waals surface area contributed by atoms with E-state index in [9.17, 15) is 14.9 Å². The minimum atomic E-state index is -0.433. The highest BCUT2D eigenvalue weighted by Crippen LogP contribution is 2.36. The minimum Gasteiger partial charge on any atom is -0.497 e. The topological polar surface area (TPSA) is 108 Å². The van der Waals surface area contributed by atoms with E-state index in [1.807, 2.05) is 71.3 Å². The van der Waals surface area contributed by atoms with Crippen LogP contribution in [-0.4, -0.2) is 35.8 Å². The van der Waals surface area contributed by atoms with Crippen LogP contribution in [0.4, 0.5) is 5.69 Å². The van der Waals surface area contributed by atoms with Crippen molar-refractivity contribution in [2.75, 3.05) is 14.2 Å². The summed E-state index contributed by atoms with van der Waals surface area (Å²) in [6.45, 7) is 0. The van der Waals surface area contributed by atoms with Crippen molar-refractivity contribution in [3.05, 3.63) is 130 Å². The Kier molecular flexibility index (Phi) is 7.87. The number of hydrogen-bond donors (Lipinski definition) is 1. The third-order valence-electron chi connectivity index (χ3n) is 6.45. The van der Waals surface area contributed by atoms with Gasteiger partial charge in [-0.05, 0) is 41.5 Å². The molecule has 5 rings (SSSR count). The molecule has 0 aliphatic carbocycles. The number of hydrogen-bond acceptors (Lipinski definition) is 6. The lowest BCUT2D eigenvalue weighted by molar-refractivity contribution is -0.384. The van der Waals surface area contributed by atoms with Gasteiger partial charge in [-0.15, -0.1) is 0 Å². The Morgan fingerprint density at radius 1 is 0.829 bits per heavy atom. The largest absolute Gasteiger partial charge is 0.497 e. The highest BCUT2D eigenvalue weighted by Gasteiger charge is 2.19. The third kappa shape index (κ3) is 5.84. The van der Waals surface area contributed by atoms with Crippen LogP contribution in [-0.2, 0) is 0 Å². The van der Waals surface area contributed by atoms with Crippen molar-refractivity contribution >= 4 is 17.8 Å². The quantitative estimate of drug-likeness (QED) is 0.129. The fraction of sp³-hybridized carbons (Fsp3) is 0.0625. The first-order chi connectivity index (χ1) is 20.0. The molecule has 1 heterocycles. The number of methoxy groups -OCH3 is 2. The van der Waals surface area contributed by atoms with E-state index in [1.165, 1.54) is 26.4 Å². The summed E-state index contributed by atoms with van der Waals surface area (Å²) in [7, 11) is 3.03. The summed E-state index contributed by atoms with van der Waals surface area (Å²) in [6, 6.07) is 32.8. The lowest BCUT2D eigenvalue weighted by atomic mass is 10.1. The Labute approximate surface area is 236 Å². The maximum atomic E-state index is 12.9. The Morgan fingerprint density at radius 2 is 1.41 bits per heavy atom. The molecule has 0 aliphatic heterocycles. The van der Waals surface area contributed by atoms with Crippen molar-refractivity contribution in [1.82, 2.24) is 9.99 Å². The van der Waals surface area contributed by atoms with E-state index in [0.29, 0.717) is 17.1 Å². The van der Waals surface area contributed by atoms with E-state index in [-0.39, 0.29) is 5.69 Å². The predicted molar refractivity (Wildman–Crippen MR) is 158 cm³/mol. The Hall–Kier alpha value is -5.70. The van der Waals surface area contributed by atoms with Gasteiger partial charge in [-0.1, -0.05) is 60.7 Å². The molecular weight excluding hydrogens is 520 g/mol. The molecule has 0 aliphatic rings. The average molecular weight is 547 g/mol. The van der Waals surface area contributed by atoms with Crippen LogP contribution in [0.1, 0.15) is 15.9 Å². The number of ether oxygens (including phenoxy) is 2. The maximum Gasteiger partial charge on any atom is 0.271 e. The molecule has 1 N–H and O–H groups in total. The molecule has 9 nitrogen and oxygen atoms in total. The molecule has 0 atom stereocenters. The van der Waals surface area contributed by atoms with Crippen LogP contribution in [0.2, 0.25) is 0 Å². The molecule has 1 aromatic heterocycles. The van der Waals surface area contributed by atoms with Gasteiger partial charge < -0.3 is 14.0 Å². The molecule has 5 aromatic rings. The second-order valence-corrected chi connectivity index (χ2v) is 8.97. The standard InChI is InChI=1S/C32H26N4O5/c1-40-28-17-24(18-29(20-28)41-2)32(37)34-33-21-25-19-30(22-9-5-3-6-10-22)35(31(25)23-11-7-4-8-12-23)26-13-15-27(16-14-26)36(38)39/h3-21H,1-2H3,(H,34,37)/b33-21-. The van der Waals surface area contributed by atoms with E-state index in [1.54, 1.807) is 36.5 Å². The number of rotatable bonds is 9. The van der Waals surface area contributed by atoms with Crippen molar-refractivity contribution in [2.24, 2.45) is 5.10 Å². The highest BCUT2D eigenvalue weighted by molar-refractivity contribution is 5.97. The van der Waals surface area contributed by atoms with Crippen LogP contribution >= 0.6 is 0 Å². The number of amides is 1. The molecule has 4 aromatic carbocycles. The molecular formula is C32H26N4O5. The number of carbonyl (C=O) groups excluding carboxylic acids is 1. The number of carbonyl (C=O) groups is 1. The molecule has 0 bridgehead atoms. The average Bonchev–Trinajstić information content (AvgIpc) is 3.41. The summed E-state index contributed by atoms with van der Waals surface area (Å²) in [6.07, 6.45) is 1.59. The lowest BCUT2D eigenvalue weighted by Crippen LogP contribution is -2.17. The third-order valence-corrected chi connectivity index (χ3v) is 6.45. The van der Waals surface area contributed by atoms with Gasteiger partial charge in [0.15, 0.2) is 0 Å². The normalized spacial score (nSPS) is 10.9. The molecule has 41 heavy (non-hydrogen) atoms. The zero-order valence-corrected chi connectivity index (χ0v) is 22.4. The molecule has 0 radical (unpaired) electrons. The first-order valence-electron chi connectivity index (χ1n) is 12.7. The second-order valence-electron chi connectivity index (χ2n) is 8.97. The summed E-state index contributed by atoms with van der Waals surface area (Å²) >= 11 is 0. The SMILES string of the molecule is COc1cc(OC)cc(C(=O)N/N=C\c2cc(-c3ccccc3)n(-c3ccc([N+](=O)[O-])cc3)c2-c2ccccc2)c1. The number of nitrogens with one attached hydrogen (secondary N) is 1. The molecule has 0 spiro atoms. The van der Waals surface area contributed by atoms with Crippen LogP contribution in [0.3, 0.4) is 0 Å². The lowest BCUT2D eigenvalue weighted by Gasteiger charge is -2.15. The van der Waals surface area contributed by atoms with Gasteiger partial charge in [-0.2, -0.15) is 5.10 Å². The Balaban J connectivity index is 1.61. The molecule has 9 heteroatoms. The van der Waals surface area contributed by atoms with E-state index >= 15 is 0 Å². The van der Waals surface area contributed by atoms with Gasteiger partial charge in [0.2, 0.25) is 0 Å². The summed E-state index contributed by atoms with van der Waals surface area (Å²) in [5, 5.41) is 15.6. The smallest absolute Gasteiger partial charge is 0.271 e. The summed E-state index contributed by atoms with van der Waals surface area (Å²) in [5.74, 6) is 0.535. The van der Waals surface area contributed by atoms with Crippen LogP contribution in [0.25, 0.3) is 28.2 Å². The van der Waals surface area contributed by atoms with Gasteiger partial charge in [-0.3, -0.25) is 14.9 Å². The van der Waals surface area contributed by atoms with Gasteiger partial charge >= 0.3 is 0 Å². The number of aromatic nitrogens is 1. The predicted octanol–water partition coefficient (Wildman–Crippen LogP) is 6.50. The number of benzene rings is 4. The molecule has 0 saturated heterocycles. The van der Waals surface area contributed by atoms with E-state index < -0.39 is 10.8 Å². The fourth-order valence-electron chi connectivity index (χ4n) is 4.50. The van der Waals surface area contributed by atoms with Crippen molar-refractivity contribution in [1.29, 1.82) is 0 Å². The zero-order valence-electron chi connectivity index (χ0n) is 22.4. The van der Waals surface area contributed by atoms with E-state index in [0.717, 1.165) is 33.8 Å². The second kappa shape index (κ2) is 12.0. The number of nitro groups is 1. The van der Waals surface area contributed by atoms with Crippen molar-refractivity contribution < 1.29 is 19.2 Å². The number of hydrazone groups is 1. The molecule has 0 saturated carbocycles. The monoisotopic (exact) mass is 546 g/mol. The van der Waals surface area contributed by atoms with Gasteiger partial charge in [0, 0.05) is 35.0 Å². The van der Waals surface area contributed by atoms with Crippen LogP contribution in [0.15, 0.2) is 114 Å². The van der Waals surface area contributed by atoms with Crippen molar-refractivity contribution in [3.63, 3.8) is 0 Å². The molecule has 204 valence electrons. The van der Waals surface area contributed by atoms with Crippen molar-refractivity contribution in [2.45, 2.75) is 0 Å². The maximum absolute atomic E-state index is 12.9. The van der Waals surface area contributed by atoms with E-state index in [4.69, 9.17) is 9.47 Å². The van der Waals surface area contributed by atoms with Crippen molar-refractivity contribution in [3.8, 4) is 39.7 Å². The van der Waals surface area contributed by atoms with Crippen LogP contribution in [0, 0.1) is 10.1 Å². The summed E-state index contributed by atoms with van der Waals surface area (Å²) in [5.41, 5.74) is 7.89. The summed E-state index contributed by atoms with van der Waals surface area (Å²) in [4.78, 5) is 23.8. The first-order valence-corrected chi connectivity index (χ1v) is 12.7. The number of non-ortho nitro benzene ring substituents is 1. The number of nitrogens with zero attached hydrogens (tertiary/aromatic N) is 3. The minimum absolute atomic E-state index is 0.00194. The summed E-state index contributed by atoms with van der Waals surface area (Å²) < 4.78 is 12.6. The first kappa shape index (κ1) is 26.9. The van der Waals surface area contributed by atoms with E-state index in [2.05, 4.69) is 10.5 Å². The van der Waals surface area contributed by atoms with Gasteiger partial charge in [-0.25, -0.2) is 5.43 Å². The Morgan fingerprint density at radius 3 is 1.98 bits per heavy atom. The molecule has 0 fully saturated rings. The van der Waals surface area contributed by atoms with Crippen LogP contribution < -0.4 is 14.9 Å². The van der Waals surface area contributed by atoms with Gasteiger partial charge in [0.1, 0.15) is 11.5 Å². The Bertz CT molecular complexity index is 1690. The number of nitro benzene ring substituents is 1. The fourth-order valence-corrected chi connectivity index (χ4v) is 4.50. The molecule has 0 unspecified atom stereocenters. The molecule has 1 amide bonds. The highest BCUT2D eigenvalue weighted by atomic mass is 16.6.